The van der Waals surface area contributed by atoms with Gasteiger partial charge in [-0.3, -0.25) is 9.59 Å². The summed E-state index contributed by atoms with van der Waals surface area (Å²) in [5.74, 6) is -0.926. The molecule has 0 aliphatic carbocycles. The molecule has 3 aromatic rings. The van der Waals surface area contributed by atoms with Gasteiger partial charge in [0.1, 0.15) is 0 Å². The number of hydrogen-bond acceptors (Lipinski definition) is 2. The number of nitrogens with zero attached hydrogens (tertiary/aromatic N) is 2. The minimum Gasteiger partial charge on any atom is -0.369 e. The third-order valence-corrected chi connectivity index (χ3v) is 4.66. The first-order valence-electron chi connectivity index (χ1n) is 9.15. The fraction of sp³-hybridized carbons (Fsp3) is 0.125. The Hall–Kier alpha value is -3.24. The molecule has 0 spiro atoms. The summed E-state index contributed by atoms with van der Waals surface area (Å²) in [6, 6.07) is 23.3. The lowest BCUT2D eigenvalue weighted by molar-refractivity contribution is -0.118. The summed E-state index contributed by atoms with van der Waals surface area (Å²) >= 11 is 6.00. The number of ketones is 1. The Morgan fingerprint density at radius 1 is 0.828 bits per heavy atom. The molecule has 0 aromatic heterocycles. The molecule has 0 saturated heterocycles. The number of benzene rings is 3. The van der Waals surface area contributed by atoms with Gasteiger partial charge in [0.2, 0.25) is 0 Å². The van der Waals surface area contributed by atoms with Crippen molar-refractivity contribution in [2.24, 2.45) is 4.99 Å². The summed E-state index contributed by atoms with van der Waals surface area (Å²) in [7, 11) is 3.61. The zero-order valence-corrected chi connectivity index (χ0v) is 17.0. The molecule has 0 fully saturated rings. The summed E-state index contributed by atoms with van der Waals surface area (Å²) in [6.07, 6.45) is 1.48. The van der Waals surface area contributed by atoms with Gasteiger partial charge in [0, 0.05) is 30.2 Å². The highest BCUT2D eigenvalue weighted by Gasteiger charge is 2.23. The molecule has 1 unspecified atom stereocenters. The molecule has 29 heavy (non-hydrogen) atoms. The number of rotatable bonds is 6. The van der Waals surface area contributed by atoms with E-state index >= 15 is 0 Å². The van der Waals surface area contributed by atoms with E-state index < -0.39 is 5.92 Å². The molecule has 0 saturated carbocycles. The highest BCUT2D eigenvalue weighted by Crippen LogP contribution is 2.28. The molecule has 0 N–H and O–H groups in total. The van der Waals surface area contributed by atoms with Gasteiger partial charge in [-0.1, -0.05) is 78.3 Å². The standard InChI is InChI=1S/C24H21ClN2O2/c1-27(2)16-26-24(29)22(18-12-14-21(25)15-13-18)17-8-10-20(11-9-17)23(28)19-6-4-3-5-7-19/h3-16,22H,1-2H3. The Morgan fingerprint density at radius 3 is 1.90 bits per heavy atom. The van der Waals surface area contributed by atoms with Crippen LogP contribution in [-0.2, 0) is 4.79 Å². The third-order valence-electron chi connectivity index (χ3n) is 4.41. The van der Waals surface area contributed by atoms with Gasteiger partial charge in [-0.2, -0.15) is 0 Å². The Labute approximate surface area is 175 Å². The minimum absolute atomic E-state index is 0.0582. The second kappa shape index (κ2) is 9.30. The van der Waals surface area contributed by atoms with Crippen LogP contribution in [0.4, 0.5) is 0 Å². The van der Waals surface area contributed by atoms with Crippen LogP contribution in [0.2, 0.25) is 5.02 Å². The van der Waals surface area contributed by atoms with Crippen LogP contribution < -0.4 is 0 Å². The van der Waals surface area contributed by atoms with E-state index in [0.717, 1.165) is 11.1 Å². The average Bonchev–Trinajstić information content (AvgIpc) is 2.74. The zero-order chi connectivity index (χ0) is 20.8. The average molecular weight is 405 g/mol. The largest absolute Gasteiger partial charge is 0.369 e. The Bertz CT molecular complexity index is 1010. The maximum Gasteiger partial charge on any atom is 0.259 e. The van der Waals surface area contributed by atoms with E-state index in [4.69, 9.17) is 11.6 Å². The number of aliphatic imine (C=N–C) groups is 1. The van der Waals surface area contributed by atoms with Crippen LogP contribution in [-0.4, -0.2) is 37.0 Å². The molecule has 146 valence electrons. The van der Waals surface area contributed by atoms with Crippen LogP contribution >= 0.6 is 11.6 Å². The highest BCUT2D eigenvalue weighted by molar-refractivity contribution is 6.30. The summed E-state index contributed by atoms with van der Waals surface area (Å²) in [5, 5.41) is 0.598. The first-order chi connectivity index (χ1) is 14.0. The topological polar surface area (TPSA) is 49.7 Å². The monoisotopic (exact) mass is 404 g/mol. The Morgan fingerprint density at radius 2 is 1.34 bits per heavy atom. The van der Waals surface area contributed by atoms with Crippen molar-refractivity contribution in [3.63, 3.8) is 0 Å². The van der Waals surface area contributed by atoms with Gasteiger partial charge < -0.3 is 4.90 Å². The molecule has 0 heterocycles. The van der Waals surface area contributed by atoms with E-state index in [2.05, 4.69) is 4.99 Å². The van der Waals surface area contributed by atoms with Crippen molar-refractivity contribution >= 4 is 29.6 Å². The molecule has 3 aromatic carbocycles. The Balaban J connectivity index is 1.94. The van der Waals surface area contributed by atoms with E-state index in [-0.39, 0.29) is 11.7 Å². The van der Waals surface area contributed by atoms with Crippen LogP contribution in [0.25, 0.3) is 0 Å². The van der Waals surface area contributed by atoms with Gasteiger partial charge in [-0.25, -0.2) is 4.99 Å². The molecule has 0 bridgehead atoms. The Kier molecular flexibility index (Phi) is 6.57. The molecule has 4 nitrogen and oxygen atoms in total. The lowest BCUT2D eigenvalue weighted by atomic mass is 9.89. The number of hydrogen-bond donors (Lipinski definition) is 0. The van der Waals surface area contributed by atoms with Crippen molar-refractivity contribution in [2.45, 2.75) is 5.92 Å². The first-order valence-corrected chi connectivity index (χ1v) is 9.53. The molecule has 5 heteroatoms. The van der Waals surface area contributed by atoms with Crippen LogP contribution in [0.1, 0.15) is 33.0 Å². The third kappa shape index (κ3) is 5.18. The fourth-order valence-corrected chi connectivity index (χ4v) is 3.09. The van der Waals surface area contributed by atoms with E-state index in [9.17, 15) is 9.59 Å². The SMILES string of the molecule is CN(C)C=NC(=O)C(c1ccc(Cl)cc1)c1ccc(C(=O)c2ccccc2)cc1. The van der Waals surface area contributed by atoms with E-state index in [1.165, 1.54) is 6.34 Å². The summed E-state index contributed by atoms with van der Waals surface area (Å²) < 4.78 is 0. The smallest absolute Gasteiger partial charge is 0.259 e. The first kappa shape index (κ1) is 20.5. The van der Waals surface area contributed by atoms with Gasteiger partial charge >= 0.3 is 0 Å². The normalized spacial score (nSPS) is 12.0. The predicted octanol–water partition coefficient (Wildman–Crippen LogP) is 4.82. The fourth-order valence-electron chi connectivity index (χ4n) is 2.96. The van der Waals surface area contributed by atoms with Crippen LogP contribution in [0.15, 0.2) is 83.9 Å². The van der Waals surface area contributed by atoms with Crippen molar-refractivity contribution < 1.29 is 9.59 Å². The summed E-state index contributed by atoms with van der Waals surface area (Å²) in [6.45, 7) is 0. The molecule has 1 amide bonds. The number of halogens is 1. The van der Waals surface area contributed by atoms with Crippen molar-refractivity contribution in [1.82, 2.24) is 4.90 Å². The predicted molar refractivity (Wildman–Crippen MR) is 117 cm³/mol. The lowest BCUT2D eigenvalue weighted by Crippen LogP contribution is -2.16. The molecular formula is C24H21ClN2O2. The maximum absolute atomic E-state index is 12.8. The highest BCUT2D eigenvalue weighted by atomic mass is 35.5. The van der Waals surface area contributed by atoms with Crippen LogP contribution in [0.5, 0.6) is 0 Å². The lowest BCUT2D eigenvalue weighted by Gasteiger charge is -2.15. The van der Waals surface area contributed by atoms with Gasteiger partial charge in [0.25, 0.3) is 5.91 Å². The van der Waals surface area contributed by atoms with E-state index in [1.807, 2.05) is 30.3 Å². The van der Waals surface area contributed by atoms with Gasteiger partial charge in [-0.05, 0) is 23.3 Å². The van der Waals surface area contributed by atoms with Crippen molar-refractivity contribution in [3.8, 4) is 0 Å². The van der Waals surface area contributed by atoms with Crippen LogP contribution in [0.3, 0.4) is 0 Å². The van der Waals surface area contributed by atoms with E-state index in [1.54, 1.807) is 67.5 Å². The summed E-state index contributed by atoms with van der Waals surface area (Å²) in [5.41, 5.74) is 2.75. The second-order valence-electron chi connectivity index (χ2n) is 6.85. The number of carbonyl (C=O) groups is 2. The number of carbonyl (C=O) groups excluding carboxylic acids is 2. The van der Waals surface area contributed by atoms with Gasteiger partial charge in [-0.15, -0.1) is 0 Å². The van der Waals surface area contributed by atoms with Crippen molar-refractivity contribution in [3.05, 3.63) is 106 Å². The molecule has 0 aliphatic heterocycles. The molecular weight excluding hydrogens is 384 g/mol. The van der Waals surface area contributed by atoms with Crippen LogP contribution in [0, 0.1) is 0 Å². The molecule has 1 atom stereocenters. The van der Waals surface area contributed by atoms with E-state index in [0.29, 0.717) is 16.1 Å². The van der Waals surface area contributed by atoms with Crippen molar-refractivity contribution in [2.75, 3.05) is 14.1 Å². The van der Waals surface area contributed by atoms with Gasteiger partial charge in [0.15, 0.2) is 5.78 Å². The van der Waals surface area contributed by atoms with Crippen molar-refractivity contribution in [1.29, 1.82) is 0 Å². The zero-order valence-electron chi connectivity index (χ0n) is 16.2. The minimum atomic E-state index is -0.579. The number of amides is 1. The van der Waals surface area contributed by atoms with Gasteiger partial charge in [0.05, 0.1) is 12.3 Å². The summed E-state index contributed by atoms with van der Waals surface area (Å²) in [4.78, 5) is 31.3. The molecule has 3 rings (SSSR count). The maximum atomic E-state index is 12.8. The second-order valence-corrected chi connectivity index (χ2v) is 7.28. The molecule has 0 radical (unpaired) electrons. The quantitative estimate of drug-likeness (QED) is 0.336. The molecule has 0 aliphatic rings.